The van der Waals surface area contributed by atoms with Crippen LogP contribution in [0, 0.1) is 0 Å². The first-order valence-electron chi connectivity index (χ1n) is 7.46. The Morgan fingerprint density at radius 2 is 2.14 bits per heavy atom. The van der Waals surface area contributed by atoms with Crippen LogP contribution in [0.2, 0.25) is 0 Å². The Morgan fingerprint density at radius 3 is 2.82 bits per heavy atom. The second kappa shape index (κ2) is 7.59. The first kappa shape index (κ1) is 16.0. The van der Waals surface area contributed by atoms with Crippen LogP contribution < -0.4 is 10.2 Å². The molecule has 0 saturated carbocycles. The summed E-state index contributed by atoms with van der Waals surface area (Å²) in [7, 11) is 0. The summed E-state index contributed by atoms with van der Waals surface area (Å²) in [5.74, 6) is -0.530. The zero-order valence-electron chi connectivity index (χ0n) is 12.6. The highest BCUT2D eigenvalue weighted by molar-refractivity contribution is 5.97. The highest BCUT2D eigenvalue weighted by Gasteiger charge is 2.21. The van der Waals surface area contributed by atoms with Crippen LogP contribution in [0.3, 0.4) is 0 Å². The van der Waals surface area contributed by atoms with E-state index in [-0.39, 0.29) is 30.6 Å². The van der Waals surface area contributed by atoms with E-state index in [0.29, 0.717) is 25.3 Å². The summed E-state index contributed by atoms with van der Waals surface area (Å²) in [5, 5.41) is 2.73. The predicted octanol–water partition coefficient (Wildman–Crippen LogP) is 2.10. The number of carbonyl (C=O) groups excluding carboxylic acids is 3. The quantitative estimate of drug-likeness (QED) is 0.817. The van der Waals surface area contributed by atoms with Gasteiger partial charge in [-0.05, 0) is 31.5 Å². The van der Waals surface area contributed by atoms with Crippen molar-refractivity contribution in [2.45, 2.75) is 32.6 Å². The Bertz CT molecular complexity index is 571. The molecule has 118 valence electrons. The minimum Gasteiger partial charge on any atom is -0.466 e. The van der Waals surface area contributed by atoms with Crippen LogP contribution in [-0.2, 0) is 19.1 Å². The summed E-state index contributed by atoms with van der Waals surface area (Å²) < 4.78 is 4.78. The first-order chi connectivity index (χ1) is 10.6. The van der Waals surface area contributed by atoms with Gasteiger partial charge in [0.05, 0.1) is 13.0 Å². The lowest BCUT2D eigenvalue weighted by Crippen LogP contribution is -2.23. The van der Waals surface area contributed by atoms with Crippen LogP contribution >= 0.6 is 0 Å². The van der Waals surface area contributed by atoms with Crippen LogP contribution in [0.1, 0.15) is 32.6 Å². The predicted molar refractivity (Wildman–Crippen MR) is 82.5 cm³/mol. The second-order valence-electron chi connectivity index (χ2n) is 5.05. The van der Waals surface area contributed by atoms with Gasteiger partial charge in [-0.25, -0.2) is 0 Å². The lowest BCUT2D eigenvalue weighted by atomic mass is 10.2. The molecular formula is C16H20N2O4. The lowest BCUT2D eigenvalue weighted by Gasteiger charge is -2.16. The molecule has 2 rings (SSSR count). The van der Waals surface area contributed by atoms with E-state index >= 15 is 0 Å². The van der Waals surface area contributed by atoms with Gasteiger partial charge >= 0.3 is 5.97 Å². The molecule has 1 aromatic carbocycles. The van der Waals surface area contributed by atoms with Gasteiger partial charge in [0.1, 0.15) is 0 Å². The Hall–Kier alpha value is -2.37. The van der Waals surface area contributed by atoms with Crippen molar-refractivity contribution in [1.82, 2.24) is 0 Å². The number of rotatable bonds is 6. The topological polar surface area (TPSA) is 75.7 Å². The number of nitrogens with one attached hydrogen (secondary N) is 1. The van der Waals surface area contributed by atoms with Crippen molar-refractivity contribution in [2.24, 2.45) is 0 Å². The van der Waals surface area contributed by atoms with Gasteiger partial charge in [0.15, 0.2) is 0 Å². The van der Waals surface area contributed by atoms with E-state index in [1.165, 1.54) is 0 Å². The average molecular weight is 304 g/mol. The van der Waals surface area contributed by atoms with Crippen LogP contribution in [0.5, 0.6) is 0 Å². The van der Waals surface area contributed by atoms with Crippen LogP contribution in [0.15, 0.2) is 24.3 Å². The fourth-order valence-electron chi connectivity index (χ4n) is 2.34. The van der Waals surface area contributed by atoms with Gasteiger partial charge in [-0.3, -0.25) is 14.4 Å². The molecule has 1 heterocycles. The Balaban J connectivity index is 1.91. The fourth-order valence-corrected chi connectivity index (χ4v) is 2.34. The molecule has 0 radical (unpaired) electrons. The molecule has 22 heavy (non-hydrogen) atoms. The molecule has 1 saturated heterocycles. The smallest absolute Gasteiger partial charge is 0.306 e. The molecule has 1 aliphatic rings. The van der Waals surface area contributed by atoms with Crippen molar-refractivity contribution in [2.75, 3.05) is 23.4 Å². The van der Waals surface area contributed by atoms with Gasteiger partial charge < -0.3 is 15.0 Å². The van der Waals surface area contributed by atoms with Gasteiger partial charge in [0, 0.05) is 30.8 Å². The molecule has 0 aromatic heterocycles. The minimum atomic E-state index is -0.380. The van der Waals surface area contributed by atoms with Gasteiger partial charge in [-0.2, -0.15) is 0 Å². The van der Waals surface area contributed by atoms with Gasteiger partial charge in [0.2, 0.25) is 11.8 Å². The Morgan fingerprint density at radius 1 is 1.32 bits per heavy atom. The molecule has 0 atom stereocenters. The van der Waals surface area contributed by atoms with E-state index in [2.05, 4.69) is 5.32 Å². The molecule has 0 unspecified atom stereocenters. The van der Waals surface area contributed by atoms with Gasteiger partial charge in [-0.15, -0.1) is 0 Å². The largest absolute Gasteiger partial charge is 0.466 e. The maximum atomic E-state index is 11.8. The van der Waals surface area contributed by atoms with E-state index in [1.807, 2.05) is 6.07 Å². The third kappa shape index (κ3) is 4.31. The second-order valence-corrected chi connectivity index (χ2v) is 5.05. The van der Waals surface area contributed by atoms with Gasteiger partial charge in [0.25, 0.3) is 0 Å². The van der Waals surface area contributed by atoms with Crippen molar-refractivity contribution in [3.63, 3.8) is 0 Å². The molecule has 2 amide bonds. The van der Waals surface area contributed by atoms with Crippen molar-refractivity contribution in [3.05, 3.63) is 24.3 Å². The standard InChI is InChI=1S/C16H20N2O4/c1-2-22-16(21)9-8-14(19)17-12-5-3-6-13(11-12)18-10-4-7-15(18)20/h3,5-6,11H,2,4,7-10H2,1H3,(H,17,19). The highest BCUT2D eigenvalue weighted by atomic mass is 16.5. The number of amides is 2. The van der Waals surface area contributed by atoms with E-state index < -0.39 is 0 Å². The summed E-state index contributed by atoms with van der Waals surface area (Å²) in [4.78, 5) is 36.5. The number of nitrogens with zero attached hydrogens (tertiary/aromatic N) is 1. The minimum absolute atomic E-state index is 0.0595. The van der Waals surface area contributed by atoms with Gasteiger partial charge in [-0.1, -0.05) is 6.07 Å². The maximum absolute atomic E-state index is 11.8. The molecule has 0 bridgehead atoms. The number of benzene rings is 1. The van der Waals surface area contributed by atoms with Crippen LogP contribution in [-0.4, -0.2) is 30.9 Å². The highest BCUT2D eigenvalue weighted by Crippen LogP contribution is 2.24. The Kier molecular flexibility index (Phi) is 5.52. The van der Waals surface area contributed by atoms with E-state index in [0.717, 1.165) is 12.1 Å². The third-order valence-corrected chi connectivity index (χ3v) is 3.38. The normalized spacial score (nSPS) is 14.0. The summed E-state index contributed by atoms with van der Waals surface area (Å²) in [6, 6.07) is 7.16. The SMILES string of the molecule is CCOC(=O)CCC(=O)Nc1cccc(N2CCCC2=O)c1. The number of esters is 1. The number of ether oxygens (including phenoxy) is 1. The molecule has 6 nitrogen and oxygen atoms in total. The molecular weight excluding hydrogens is 284 g/mol. The van der Waals surface area contributed by atoms with Crippen molar-refractivity contribution in [1.29, 1.82) is 0 Å². The molecule has 1 fully saturated rings. The van der Waals surface area contributed by atoms with Crippen molar-refractivity contribution < 1.29 is 19.1 Å². The zero-order valence-corrected chi connectivity index (χ0v) is 12.6. The summed E-state index contributed by atoms with van der Waals surface area (Å²) >= 11 is 0. The van der Waals surface area contributed by atoms with E-state index in [9.17, 15) is 14.4 Å². The zero-order chi connectivity index (χ0) is 15.9. The summed E-state index contributed by atoms with van der Waals surface area (Å²) in [6.07, 6.45) is 1.56. The number of anilines is 2. The van der Waals surface area contributed by atoms with Crippen molar-refractivity contribution >= 4 is 29.2 Å². The molecule has 0 aliphatic carbocycles. The number of carbonyl (C=O) groups is 3. The lowest BCUT2D eigenvalue weighted by molar-refractivity contribution is -0.144. The molecule has 0 spiro atoms. The summed E-state index contributed by atoms with van der Waals surface area (Å²) in [6.45, 7) is 2.74. The average Bonchev–Trinajstić information content (AvgIpc) is 2.92. The van der Waals surface area contributed by atoms with E-state index in [1.54, 1.807) is 30.0 Å². The first-order valence-corrected chi connectivity index (χ1v) is 7.46. The molecule has 1 aromatic rings. The molecule has 1 aliphatic heterocycles. The third-order valence-electron chi connectivity index (χ3n) is 3.38. The van der Waals surface area contributed by atoms with Crippen LogP contribution in [0.25, 0.3) is 0 Å². The monoisotopic (exact) mass is 304 g/mol. The number of hydrogen-bond acceptors (Lipinski definition) is 4. The van der Waals surface area contributed by atoms with E-state index in [4.69, 9.17) is 4.74 Å². The summed E-state index contributed by atoms with van der Waals surface area (Å²) in [5.41, 5.74) is 1.40. The van der Waals surface area contributed by atoms with Crippen LogP contribution in [0.4, 0.5) is 11.4 Å². The molecule has 6 heteroatoms. The Labute approximate surface area is 129 Å². The maximum Gasteiger partial charge on any atom is 0.306 e. The van der Waals surface area contributed by atoms with Crippen molar-refractivity contribution in [3.8, 4) is 0 Å². The fraction of sp³-hybridized carbons (Fsp3) is 0.438. The number of hydrogen-bond donors (Lipinski definition) is 1. The molecule has 1 N–H and O–H groups in total.